The maximum absolute atomic E-state index is 11.7. The molecule has 0 N–H and O–H groups in total. The van der Waals surface area contributed by atoms with Crippen LogP contribution < -0.4 is 4.74 Å². The highest BCUT2D eigenvalue weighted by atomic mass is 79.9. The summed E-state index contributed by atoms with van der Waals surface area (Å²) in [4.78, 5) is 11.7. The molecule has 0 radical (unpaired) electrons. The molecule has 0 spiro atoms. The predicted octanol–water partition coefficient (Wildman–Crippen LogP) is 4.13. The van der Waals surface area contributed by atoms with Gasteiger partial charge in [0.05, 0.1) is 10.0 Å². The number of terminal acetylenes is 1. The molecule has 0 aliphatic heterocycles. The van der Waals surface area contributed by atoms with Crippen LogP contribution in [-0.2, 0) is 11.3 Å². The lowest BCUT2D eigenvalue weighted by Gasteiger charge is -2.10. The van der Waals surface area contributed by atoms with E-state index in [0.717, 1.165) is 5.56 Å². The Balaban J connectivity index is 2.02. The molecule has 0 atom stereocenters. The molecule has 0 saturated carbocycles. The van der Waals surface area contributed by atoms with Gasteiger partial charge in [0, 0.05) is 0 Å². The molecule has 0 amide bonds. The number of hydrogen-bond acceptors (Lipinski definition) is 3. The normalized spacial score (nSPS) is 9.86. The number of carbonyl (C=O) groups excluding carboxylic acids is 1. The van der Waals surface area contributed by atoms with Crippen LogP contribution in [-0.4, -0.2) is 12.6 Å². The van der Waals surface area contributed by atoms with Crippen LogP contribution in [0.2, 0.25) is 0 Å². The van der Waals surface area contributed by atoms with Gasteiger partial charge in [-0.15, -0.1) is 6.42 Å². The first kappa shape index (κ1) is 16.1. The number of rotatable bonds is 5. The average Bonchev–Trinajstić information content (AvgIpc) is 2.53. The van der Waals surface area contributed by atoms with E-state index in [0.29, 0.717) is 22.4 Å². The first-order valence-corrected chi connectivity index (χ1v) is 7.48. The summed E-state index contributed by atoms with van der Waals surface area (Å²) in [6.45, 7) is 2.46. The molecule has 4 heteroatoms. The summed E-state index contributed by atoms with van der Waals surface area (Å²) in [5.74, 6) is 2.46. The van der Waals surface area contributed by atoms with Gasteiger partial charge in [-0.05, 0) is 46.6 Å². The summed E-state index contributed by atoms with van der Waals surface area (Å²) in [6, 6.07) is 13.2. The van der Waals surface area contributed by atoms with E-state index < -0.39 is 5.97 Å². The van der Waals surface area contributed by atoms with E-state index in [9.17, 15) is 4.79 Å². The lowest BCUT2D eigenvalue weighted by molar-refractivity contribution is 0.0556. The van der Waals surface area contributed by atoms with Crippen LogP contribution in [0.1, 0.15) is 21.5 Å². The summed E-state index contributed by atoms with van der Waals surface area (Å²) in [6.07, 6.45) is 5.06. The van der Waals surface area contributed by atoms with Gasteiger partial charge in [-0.1, -0.05) is 35.7 Å². The molecule has 112 valence electrons. The Morgan fingerprint density at radius 2 is 1.95 bits per heavy atom. The topological polar surface area (TPSA) is 35.5 Å². The quantitative estimate of drug-likeness (QED) is 0.595. The third kappa shape index (κ3) is 4.37. The van der Waals surface area contributed by atoms with Crippen molar-refractivity contribution in [2.45, 2.75) is 13.5 Å². The Hall–Kier alpha value is -2.25. The van der Waals surface area contributed by atoms with E-state index in [1.165, 1.54) is 5.56 Å². The van der Waals surface area contributed by atoms with Crippen molar-refractivity contribution in [1.82, 2.24) is 0 Å². The fraction of sp³-hybridized carbons (Fsp3) is 0.167. The first-order valence-electron chi connectivity index (χ1n) is 6.68. The molecular weight excluding hydrogens is 344 g/mol. The van der Waals surface area contributed by atoms with Gasteiger partial charge in [0.1, 0.15) is 12.4 Å². The molecule has 2 aromatic carbocycles. The van der Waals surface area contributed by atoms with Crippen LogP contribution >= 0.6 is 15.9 Å². The minimum atomic E-state index is -0.455. The van der Waals surface area contributed by atoms with Crippen molar-refractivity contribution in [2.75, 3.05) is 6.61 Å². The Labute approximate surface area is 138 Å². The minimum Gasteiger partial charge on any atom is -0.488 e. The van der Waals surface area contributed by atoms with E-state index in [1.54, 1.807) is 18.2 Å². The minimum absolute atomic E-state index is 0.0396. The molecule has 0 aromatic heterocycles. The van der Waals surface area contributed by atoms with Crippen molar-refractivity contribution >= 4 is 21.9 Å². The monoisotopic (exact) mass is 358 g/mol. The third-order valence-corrected chi connectivity index (χ3v) is 3.59. The van der Waals surface area contributed by atoms with Gasteiger partial charge in [-0.3, -0.25) is 0 Å². The molecular formula is C18H15BrO3. The van der Waals surface area contributed by atoms with Crippen LogP contribution in [0.3, 0.4) is 0 Å². The van der Waals surface area contributed by atoms with Gasteiger partial charge >= 0.3 is 5.97 Å². The van der Waals surface area contributed by atoms with E-state index >= 15 is 0 Å². The zero-order valence-corrected chi connectivity index (χ0v) is 13.7. The average molecular weight is 359 g/mol. The highest BCUT2D eigenvalue weighted by Gasteiger charge is 2.10. The molecule has 2 rings (SSSR count). The molecule has 22 heavy (non-hydrogen) atoms. The number of ether oxygens (including phenoxy) is 2. The number of aryl methyl sites for hydroxylation is 1. The van der Waals surface area contributed by atoms with Crippen LogP contribution in [0.5, 0.6) is 5.75 Å². The van der Waals surface area contributed by atoms with Crippen molar-refractivity contribution in [1.29, 1.82) is 0 Å². The smallest absolute Gasteiger partial charge is 0.339 e. The van der Waals surface area contributed by atoms with Gasteiger partial charge in [0.2, 0.25) is 0 Å². The Kier molecular flexibility index (Phi) is 5.62. The van der Waals surface area contributed by atoms with Crippen molar-refractivity contribution in [3.8, 4) is 18.1 Å². The predicted molar refractivity (Wildman–Crippen MR) is 88.8 cm³/mol. The van der Waals surface area contributed by atoms with Crippen LogP contribution in [0.15, 0.2) is 46.9 Å². The maximum atomic E-state index is 11.7. The van der Waals surface area contributed by atoms with Crippen molar-refractivity contribution in [3.63, 3.8) is 0 Å². The van der Waals surface area contributed by atoms with Crippen LogP contribution in [0.25, 0.3) is 0 Å². The van der Waals surface area contributed by atoms with Gasteiger partial charge in [-0.25, -0.2) is 4.79 Å². The molecule has 0 unspecified atom stereocenters. The second-order valence-electron chi connectivity index (χ2n) is 4.70. The summed E-state index contributed by atoms with van der Waals surface area (Å²) >= 11 is 3.40. The summed E-state index contributed by atoms with van der Waals surface area (Å²) in [5, 5.41) is 0. The second-order valence-corrected chi connectivity index (χ2v) is 5.55. The Morgan fingerprint density at radius 1 is 1.23 bits per heavy atom. The maximum Gasteiger partial charge on any atom is 0.339 e. The summed E-state index contributed by atoms with van der Waals surface area (Å²) in [7, 11) is 0. The highest BCUT2D eigenvalue weighted by molar-refractivity contribution is 9.10. The lowest BCUT2D eigenvalue weighted by atomic mass is 10.2. The van der Waals surface area contributed by atoms with Gasteiger partial charge in [-0.2, -0.15) is 0 Å². The Bertz CT molecular complexity index is 699. The Morgan fingerprint density at radius 3 is 2.59 bits per heavy atom. The summed E-state index contributed by atoms with van der Waals surface area (Å²) < 4.78 is 11.3. The van der Waals surface area contributed by atoms with E-state index in [-0.39, 0.29) is 6.61 Å². The summed E-state index contributed by atoms with van der Waals surface area (Å²) in [5.41, 5.74) is 2.71. The molecule has 0 aliphatic carbocycles. The fourth-order valence-electron chi connectivity index (χ4n) is 1.78. The van der Waals surface area contributed by atoms with Gasteiger partial charge < -0.3 is 9.47 Å². The lowest BCUT2D eigenvalue weighted by Crippen LogP contribution is -2.05. The SMILES string of the molecule is C#CCOC(=O)c1ccc(OCc2ccc(C)cc2)c(Br)c1. The van der Waals surface area contributed by atoms with Crippen LogP contribution in [0.4, 0.5) is 0 Å². The molecule has 3 nitrogen and oxygen atoms in total. The fourth-order valence-corrected chi connectivity index (χ4v) is 2.27. The van der Waals surface area contributed by atoms with Crippen molar-refractivity contribution < 1.29 is 14.3 Å². The van der Waals surface area contributed by atoms with Gasteiger partial charge in [0.15, 0.2) is 6.61 Å². The van der Waals surface area contributed by atoms with Gasteiger partial charge in [0.25, 0.3) is 0 Å². The highest BCUT2D eigenvalue weighted by Crippen LogP contribution is 2.27. The number of hydrogen-bond donors (Lipinski definition) is 0. The standard InChI is InChI=1S/C18H15BrO3/c1-3-10-21-18(20)15-8-9-17(16(19)11-15)22-12-14-6-4-13(2)5-7-14/h1,4-9,11H,10,12H2,2H3. The van der Waals surface area contributed by atoms with Crippen molar-refractivity contribution in [3.05, 3.63) is 63.6 Å². The number of benzene rings is 2. The molecule has 0 saturated heterocycles. The first-order chi connectivity index (χ1) is 10.6. The third-order valence-electron chi connectivity index (χ3n) is 2.97. The number of halogens is 1. The van der Waals surface area contributed by atoms with E-state index in [2.05, 4.69) is 21.9 Å². The van der Waals surface area contributed by atoms with Crippen LogP contribution in [0, 0.1) is 19.3 Å². The molecule has 0 aliphatic rings. The zero-order chi connectivity index (χ0) is 15.9. The molecule has 0 fully saturated rings. The molecule has 2 aromatic rings. The number of carbonyl (C=O) groups is 1. The van der Waals surface area contributed by atoms with E-state index in [1.807, 2.05) is 31.2 Å². The number of esters is 1. The van der Waals surface area contributed by atoms with E-state index in [4.69, 9.17) is 15.9 Å². The molecule has 0 heterocycles. The zero-order valence-electron chi connectivity index (χ0n) is 12.1. The molecule has 0 bridgehead atoms. The second kappa shape index (κ2) is 7.67. The largest absolute Gasteiger partial charge is 0.488 e. The van der Waals surface area contributed by atoms with Crippen molar-refractivity contribution in [2.24, 2.45) is 0 Å².